The zero-order chi connectivity index (χ0) is 13.7. The van der Waals surface area contributed by atoms with Gasteiger partial charge in [-0.1, -0.05) is 50.9 Å². The quantitative estimate of drug-likeness (QED) is 0.556. The lowest BCUT2D eigenvalue weighted by Gasteiger charge is -1.96. The first-order valence-corrected chi connectivity index (χ1v) is 8.34. The Morgan fingerprint density at radius 3 is 1.83 bits per heavy atom. The minimum absolute atomic E-state index is 0.605. The van der Waals surface area contributed by atoms with Crippen LogP contribution in [0.2, 0.25) is 8.67 Å². The molecule has 0 atom stereocenters. The van der Waals surface area contributed by atoms with Crippen LogP contribution in [0.4, 0.5) is 0 Å². The van der Waals surface area contributed by atoms with Crippen molar-refractivity contribution in [2.24, 2.45) is 0 Å². The summed E-state index contributed by atoms with van der Waals surface area (Å²) in [5.74, 6) is 1.22. The van der Waals surface area contributed by atoms with Gasteiger partial charge in [0.25, 0.3) is 0 Å². The molecule has 2 rings (SSSR count). The van der Waals surface area contributed by atoms with E-state index in [4.69, 9.17) is 23.2 Å². The van der Waals surface area contributed by atoms with Crippen LogP contribution in [0.1, 0.15) is 50.0 Å². The molecule has 0 spiro atoms. The Labute approximate surface area is 128 Å². The van der Waals surface area contributed by atoms with E-state index in [1.54, 1.807) is 22.7 Å². The Balaban J connectivity index is 0.000000180. The van der Waals surface area contributed by atoms with Crippen LogP contribution < -0.4 is 0 Å². The maximum absolute atomic E-state index is 5.72. The van der Waals surface area contributed by atoms with Gasteiger partial charge in [-0.25, -0.2) is 0 Å². The highest BCUT2D eigenvalue weighted by atomic mass is 35.5. The molecule has 4 heteroatoms. The molecule has 0 bridgehead atoms. The van der Waals surface area contributed by atoms with Gasteiger partial charge in [0.15, 0.2) is 0 Å². The molecule has 0 aliphatic heterocycles. The molecule has 0 saturated heterocycles. The SMILES string of the molecule is CC(C)c1ccc(Cl)s1.CC(C)c1csc(Cl)c1. The van der Waals surface area contributed by atoms with Crippen molar-refractivity contribution in [3.05, 3.63) is 42.7 Å². The number of halogens is 2. The van der Waals surface area contributed by atoms with Gasteiger partial charge in [-0.15, -0.1) is 22.7 Å². The molecule has 2 heterocycles. The summed E-state index contributed by atoms with van der Waals surface area (Å²) in [6, 6.07) is 6.05. The molecule has 0 saturated carbocycles. The number of thiophene rings is 2. The van der Waals surface area contributed by atoms with Gasteiger partial charge in [-0.2, -0.15) is 0 Å². The summed E-state index contributed by atoms with van der Waals surface area (Å²) in [4.78, 5) is 1.36. The van der Waals surface area contributed by atoms with Gasteiger partial charge in [0.2, 0.25) is 0 Å². The van der Waals surface area contributed by atoms with Crippen molar-refractivity contribution in [2.75, 3.05) is 0 Å². The maximum atomic E-state index is 5.72. The third-order valence-electron chi connectivity index (χ3n) is 2.42. The van der Waals surface area contributed by atoms with Gasteiger partial charge < -0.3 is 0 Å². The van der Waals surface area contributed by atoms with Crippen LogP contribution in [-0.4, -0.2) is 0 Å². The molecule has 0 N–H and O–H groups in total. The molecule has 18 heavy (non-hydrogen) atoms. The lowest BCUT2D eigenvalue weighted by atomic mass is 10.1. The van der Waals surface area contributed by atoms with Crippen LogP contribution in [0.25, 0.3) is 0 Å². The van der Waals surface area contributed by atoms with Gasteiger partial charge in [-0.05, 0) is 41.0 Å². The van der Waals surface area contributed by atoms with E-state index in [9.17, 15) is 0 Å². The smallest absolute Gasteiger partial charge is 0.0931 e. The van der Waals surface area contributed by atoms with Crippen molar-refractivity contribution in [1.29, 1.82) is 0 Å². The molecule has 0 unspecified atom stereocenters. The largest absolute Gasteiger partial charge is 0.132 e. The van der Waals surface area contributed by atoms with E-state index in [2.05, 4.69) is 39.1 Å². The second kappa shape index (κ2) is 7.54. The Bertz CT molecular complexity index is 425. The highest BCUT2D eigenvalue weighted by Crippen LogP contribution is 2.27. The maximum Gasteiger partial charge on any atom is 0.0931 e. The number of hydrogen-bond acceptors (Lipinski definition) is 2. The minimum Gasteiger partial charge on any atom is -0.132 e. The second-order valence-electron chi connectivity index (χ2n) is 4.64. The standard InChI is InChI=1S/2C7H9ClS/c1-5(2)6-3-7(8)9-4-6;1-5(2)6-3-4-7(8)9-6/h2*3-5H,1-2H3. The van der Waals surface area contributed by atoms with Gasteiger partial charge in [0, 0.05) is 4.88 Å². The summed E-state index contributed by atoms with van der Waals surface area (Å²) < 4.78 is 1.78. The molecular weight excluding hydrogens is 303 g/mol. The Morgan fingerprint density at radius 2 is 1.61 bits per heavy atom. The normalized spacial score (nSPS) is 10.7. The van der Waals surface area contributed by atoms with Gasteiger partial charge in [0.1, 0.15) is 0 Å². The second-order valence-corrected chi connectivity index (χ2v) is 7.92. The predicted molar refractivity (Wildman–Crippen MR) is 86.8 cm³/mol. The molecule has 2 aromatic rings. The fraction of sp³-hybridized carbons (Fsp3) is 0.429. The lowest BCUT2D eigenvalue weighted by molar-refractivity contribution is 0.872. The third kappa shape index (κ3) is 5.31. The molecule has 0 amide bonds. The Morgan fingerprint density at radius 1 is 0.944 bits per heavy atom. The van der Waals surface area contributed by atoms with Crippen molar-refractivity contribution in [1.82, 2.24) is 0 Å². The molecule has 0 aromatic carbocycles. The highest BCUT2D eigenvalue weighted by molar-refractivity contribution is 7.16. The summed E-state index contributed by atoms with van der Waals surface area (Å²) >= 11 is 14.7. The van der Waals surface area contributed by atoms with Crippen molar-refractivity contribution in [3.8, 4) is 0 Å². The van der Waals surface area contributed by atoms with E-state index in [1.807, 2.05) is 12.1 Å². The van der Waals surface area contributed by atoms with Crippen LogP contribution in [0.5, 0.6) is 0 Å². The van der Waals surface area contributed by atoms with E-state index in [0.717, 1.165) is 8.67 Å². The molecule has 100 valence electrons. The molecule has 2 aromatic heterocycles. The fourth-order valence-corrected chi connectivity index (χ4v) is 3.38. The number of rotatable bonds is 2. The third-order valence-corrected chi connectivity index (χ3v) is 5.06. The molecule has 0 nitrogen and oxygen atoms in total. The van der Waals surface area contributed by atoms with Gasteiger partial charge in [0.05, 0.1) is 8.67 Å². The van der Waals surface area contributed by atoms with Gasteiger partial charge in [-0.3, -0.25) is 0 Å². The van der Waals surface area contributed by atoms with Crippen LogP contribution in [-0.2, 0) is 0 Å². The Kier molecular flexibility index (Phi) is 6.72. The molecule has 0 aliphatic rings. The fourth-order valence-electron chi connectivity index (χ4n) is 1.26. The number of hydrogen-bond donors (Lipinski definition) is 0. The first-order chi connectivity index (χ1) is 8.40. The average molecular weight is 321 g/mol. The molecule has 0 radical (unpaired) electrons. The molecule has 0 fully saturated rings. The summed E-state index contributed by atoms with van der Waals surface area (Å²) in [5, 5.41) is 2.10. The zero-order valence-corrected chi connectivity index (χ0v) is 14.2. The van der Waals surface area contributed by atoms with Crippen molar-refractivity contribution >= 4 is 45.9 Å². The average Bonchev–Trinajstić information content (AvgIpc) is 2.88. The molecule has 0 aliphatic carbocycles. The minimum atomic E-state index is 0.605. The van der Waals surface area contributed by atoms with E-state index < -0.39 is 0 Å². The summed E-state index contributed by atoms with van der Waals surface area (Å²) in [7, 11) is 0. The topological polar surface area (TPSA) is 0 Å². The van der Waals surface area contributed by atoms with Crippen molar-refractivity contribution < 1.29 is 0 Å². The first kappa shape index (κ1) is 16.0. The monoisotopic (exact) mass is 320 g/mol. The zero-order valence-electron chi connectivity index (χ0n) is 11.0. The van der Waals surface area contributed by atoms with Crippen molar-refractivity contribution in [2.45, 2.75) is 39.5 Å². The summed E-state index contributed by atoms with van der Waals surface area (Å²) in [6.45, 7) is 8.67. The summed E-state index contributed by atoms with van der Waals surface area (Å²) in [5.41, 5.74) is 1.34. The van der Waals surface area contributed by atoms with Crippen LogP contribution in [0.3, 0.4) is 0 Å². The van der Waals surface area contributed by atoms with E-state index in [1.165, 1.54) is 10.4 Å². The lowest BCUT2D eigenvalue weighted by Crippen LogP contribution is -1.79. The van der Waals surface area contributed by atoms with Crippen LogP contribution in [0.15, 0.2) is 23.6 Å². The predicted octanol–water partition coefficient (Wildman–Crippen LogP) is 7.05. The summed E-state index contributed by atoms with van der Waals surface area (Å²) in [6.07, 6.45) is 0. The highest BCUT2D eigenvalue weighted by Gasteiger charge is 2.01. The first-order valence-electron chi connectivity index (χ1n) is 5.89. The molecular formula is C14H18Cl2S2. The van der Waals surface area contributed by atoms with Crippen LogP contribution >= 0.6 is 45.9 Å². The van der Waals surface area contributed by atoms with E-state index in [0.29, 0.717) is 11.8 Å². The van der Waals surface area contributed by atoms with Crippen LogP contribution in [0, 0.1) is 0 Å². The van der Waals surface area contributed by atoms with Gasteiger partial charge >= 0.3 is 0 Å². The van der Waals surface area contributed by atoms with E-state index >= 15 is 0 Å². The Hall–Kier alpha value is -0.0200. The van der Waals surface area contributed by atoms with E-state index in [-0.39, 0.29) is 0 Å². The van der Waals surface area contributed by atoms with Crippen molar-refractivity contribution in [3.63, 3.8) is 0 Å².